The van der Waals surface area contributed by atoms with E-state index in [1.807, 2.05) is 24.3 Å². The fraction of sp³-hybridized carbons (Fsp3) is 0.0833. The second kappa shape index (κ2) is 5.65. The van der Waals surface area contributed by atoms with Gasteiger partial charge in [-0.25, -0.2) is 0 Å². The first kappa shape index (κ1) is 11.0. The molecule has 1 aromatic rings. The molecule has 3 nitrogen and oxygen atoms in total. The molecule has 0 bridgehead atoms. The number of ether oxygens (including phenoxy) is 1. The fourth-order valence-electron chi connectivity index (χ4n) is 1.05. The van der Waals surface area contributed by atoms with E-state index in [1.54, 1.807) is 19.3 Å². The molecular weight excluding hydrogens is 192 g/mol. The highest BCUT2D eigenvalue weighted by molar-refractivity contribution is 5.78. The molecule has 0 aromatic heterocycles. The Morgan fingerprint density at radius 3 is 2.87 bits per heavy atom. The van der Waals surface area contributed by atoms with Gasteiger partial charge in [0.15, 0.2) is 0 Å². The molecule has 0 saturated carbocycles. The van der Waals surface area contributed by atoms with E-state index in [-0.39, 0.29) is 0 Å². The fourth-order valence-corrected chi connectivity index (χ4v) is 1.05. The Kier molecular flexibility index (Phi) is 4.16. The predicted molar refractivity (Wildman–Crippen MR) is 56.2 cm³/mol. The zero-order chi connectivity index (χ0) is 11.1. The second-order valence-electron chi connectivity index (χ2n) is 2.81. The third kappa shape index (κ3) is 4.13. The lowest BCUT2D eigenvalue weighted by atomic mass is 10.2. The average molecular weight is 203 g/mol. The van der Waals surface area contributed by atoms with Crippen molar-refractivity contribution in [2.24, 2.45) is 0 Å². The molecular formula is C12H11O3-. The number of aliphatic carboxylic acids is 1. The molecule has 3 heteroatoms. The smallest absolute Gasteiger partial charge is 0.119 e. The van der Waals surface area contributed by atoms with Crippen LogP contribution in [0.3, 0.4) is 0 Å². The molecule has 0 aliphatic carbocycles. The molecule has 0 N–H and O–H groups in total. The molecule has 78 valence electrons. The van der Waals surface area contributed by atoms with Crippen LogP contribution in [-0.2, 0) is 4.79 Å². The highest BCUT2D eigenvalue weighted by Crippen LogP contribution is 2.13. The SMILES string of the molecule is COc1cccc(/C=C/C=C/C(=O)[O-])c1. The van der Waals surface area contributed by atoms with Gasteiger partial charge in [-0.1, -0.05) is 30.4 Å². The van der Waals surface area contributed by atoms with Gasteiger partial charge in [-0.05, 0) is 23.8 Å². The number of carboxylic acids is 1. The first-order valence-electron chi connectivity index (χ1n) is 4.42. The van der Waals surface area contributed by atoms with E-state index >= 15 is 0 Å². The molecule has 1 rings (SSSR count). The van der Waals surface area contributed by atoms with Crippen LogP contribution in [0.5, 0.6) is 5.75 Å². The summed E-state index contributed by atoms with van der Waals surface area (Å²) in [5.74, 6) is -0.439. The highest BCUT2D eigenvalue weighted by Gasteiger charge is 1.89. The van der Waals surface area contributed by atoms with Crippen molar-refractivity contribution >= 4 is 12.0 Å². The lowest BCUT2D eigenvalue weighted by Gasteiger charge is -1.99. The second-order valence-corrected chi connectivity index (χ2v) is 2.81. The number of carbonyl (C=O) groups excluding carboxylic acids is 1. The summed E-state index contributed by atoms with van der Waals surface area (Å²) in [6.07, 6.45) is 5.79. The van der Waals surface area contributed by atoms with E-state index in [0.29, 0.717) is 0 Å². The Morgan fingerprint density at radius 1 is 1.40 bits per heavy atom. The van der Waals surface area contributed by atoms with Gasteiger partial charge >= 0.3 is 0 Å². The third-order valence-electron chi connectivity index (χ3n) is 1.73. The van der Waals surface area contributed by atoms with E-state index in [2.05, 4.69) is 0 Å². The Morgan fingerprint density at radius 2 is 2.20 bits per heavy atom. The monoisotopic (exact) mass is 203 g/mol. The summed E-state index contributed by atoms with van der Waals surface area (Å²) < 4.78 is 5.04. The molecule has 0 radical (unpaired) electrons. The van der Waals surface area contributed by atoms with Crippen LogP contribution in [-0.4, -0.2) is 13.1 Å². The molecule has 1 aromatic carbocycles. The van der Waals surface area contributed by atoms with Gasteiger partial charge < -0.3 is 14.6 Å². The summed E-state index contributed by atoms with van der Waals surface area (Å²) in [5.41, 5.74) is 0.942. The molecule has 0 aliphatic heterocycles. The zero-order valence-electron chi connectivity index (χ0n) is 8.34. The van der Waals surface area contributed by atoms with Crippen molar-refractivity contribution in [1.82, 2.24) is 0 Å². The number of rotatable bonds is 4. The Labute approximate surface area is 88.3 Å². The van der Waals surface area contributed by atoms with Crippen molar-refractivity contribution in [2.45, 2.75) is 0 Å². The molecule has 0 aliphatic rings. The minimum absolute atomic E-state index is 0.765. The van der Waals surface area contributed by atoms with Crippen molar-refractivity contribution in [3.8, 4) is 5.75 Å². The molecule has 0 spiro atoms. The number of methoxy groups -OCH3 is 1. The summed E-state index contributed by atoms with van der Waals surface area (Å²) >= 11 is 0. The summed E-state index contributed by atoms with van der Waals surface area (Å²) in [7, 11) is 1.60. The molecule has 15 heavy (non-hydrogen) atoms. The molecule has 0 fully saturated rings. The Balaban J connectivity index is 2.67. The van der Waals surface area contributed by atoms with Crippen LogP contribution in [0.2, 0.25) is 0 Å². The average Bonchev–Trinajstić information content (AvgIpc) is 2.24. The summed E-state index contributed by atoms with van der Waals surface area (Å²) in [5, 5.41) is 10.1. The molecule has 0 unspecified atom stereocenters. The van der Waals surface area contributed by atoms with Crippen LogP contribution >= 0.6 is 0 Å². The lowest BCUT2D eigenvalue weighted by molar-refractivity contribution is -0.297. The van der Waals surface area contributed by atoms with Gasteiger partial charge in [0.25, 0.3) is 0 Å². The van der Waals surface area contributed by atoms with Crippen LogP contribution in [0.4, 0.5) is 0 Å². The normalized spacial score (nSPS) is 11.0. The van der Waals surface area contributed by atoms with E-state index in [9.17, 15) is 9.90 Å². The number of carboxylic acid groups (broad SMARTS) is 1. The van der Waals surface area contributed by atoms with E-state index in [1.165, 1.54) is 6.08 Å². The van der Waals surface area contributed by atoms with Crippen molar-refractivity contribution in [3.63, 3.8) is 0 Å². The number of hydrogen-bond donors (Lipinski definition) is 0. The maximum Gasteiger partial charge on any atom is 0.119 e. The van der Waals surface area contributed by atoms with Crippen LogP contribution in [0.15, 0.2) is 42.5 Å². The number of benzene rings is 1. The van der Waals surface area contributed by atoms with Gasteiger partial charge in [0.1, 0.15) is 5.75 Å². The van der Waals surface area contributed by atoms with Gasteiger partial charge in [-0.2, -0.15) is 0 Å². The van der Waals surface area contributed by atoms with Gasteiger partial charge in [0, 0.05) is 0 Å². The number of hydrogen-bond acceptors (Lipinski definition) is 3. The molecule has 0 heterocycles. The molecule has 0 atom stereocenters. The first-order valence-corrected chi connectivity index (χ1v) is 4.42. The minimum atomic E-state index is -1.20. The summed E-state index contributed by atoms with van der Waals surface area (Å²) in [6.45, 7) is 0. The number of allylic oxidation sites excluding steroid dienone is 2. The summed E-state index contributed by atoms with van der Waals surface area (Å²) in [4.78, 5) is 10.1. The zero-order valence-corrected chi connectivity index (χ0v) is 8.34. The quantitative estimate of drug-likeness (QED) is 0.542. The standard InChI is InChI=1S/C12H12O3/c1-15-11-7-4-6-10(9-11)5-2-3-8-12(13)14/h2-9H,1H3,(H,13,14)/p-1/b5-2+,8-3+. The maximum atomic E-state index is 10.1. The Bertz CT molecular complexity index is 392. The van der Waals surface area contributed by atoms with Gasteiger partial charge in [0.2, 0.25) is 0 Å². The van der Waals surface area contributed by atoms with Crippen LogP contribution in [0.1, 0.15) is 5.56 Å². The van der Waals surface area contributed by atoms with Gasteiger partial charge in [0.05, 0.1) is 13.1 Å². The molecule has 0 amide bonds. The third-order valence-corrected chi connectivity index (χ3v) is 1.73. The number of carbonyl (C=O) groups is 1. The van der Waals surface area contributed by atoms with Gasteiger partial charge in [-0.15, -0.1) is 0 Å². The van der Waals surface area contributed by atoms with Crippen molar-refractivity contribution in [3.05, 3.63) is 48.1 Å². The van der Waals surface area contributed by atoms with Gasteiger partial charge in [-0.3, -0.25) is 0 Å². The lowest BCUT2D eigenvalue weighted by Crippen LogP contribution is -2.18. The van der Waals surface area contributed by atoms with Crippen LogP contribution in [0, 0.1) is 0 Å². The van der Waals surface area contributed by atoms with E-state index in [4.69, 9.17) is 4.74 Å². The van der Waals surface area contributed by atoms with Crippen molar-refractivity contribution in [1.29, 1.82) is 0 Å². The maximum absolute atomic E-state index is 10.1. The largest absolute Gasteiger partial charge is 0.545 e. The van der Waals surface area contributed by atoms with Crippen LogP contribution < -0.4 is 9.84 Å². The highest BCUT2D eigenvalue weighted by atomic mass is 16.5. The topological polar surface area (TPSA) is 49.4 Å². The first-order chi connectivity index (χ1) is 7.22. The van der Waals surface area contributed by atoms with Crippen molar-refractivity contribution < 1.29 is 14.6 Å². The van der Waals surface area contributed by atoms with Crippen LogP contribution in [0.25, 0.3) is 6.08 Å². The minimum Gasteiger partial charge on any atom is -0.545 e. The predicted octanol–water partition coefficient (Wildman–Crippen LogP) is 1.01. The van der Waals surface area contributed by atoms with E-state index < -0.39 is 5.97 Å². The van der Waals surface area contributed by atoms with E-state index in [0.717, 1.165) is 17.4 Å². The summed E-state index contributed by atoms with van der Waals surface area (Å²) in [6, 6.07) is 7.45. The Hall–Kier alpha value is -2.03. The molecule has 0 saturated heterocycles. The van der Waals surface area contributed by atoms with Crippen molar-refractivity contribution in [2.75, 3.05) is 7.11 Å².